The average Bonchev–Trinajstić information content (AvgIpc) is 2.79. The van der Waals surface area contributed by atoms with Crippen LogP contribution in [0, 0.1) is 13.8 Å². The molecule has 1 aliphatic rings. The highest BCUT2D eigenvalue weighted by Crippen LogP contribution is 2.39. The molecule has 0 unspecified atom stereocenters. The number of hydrogen-bond acceptors (Lipinski definition) is 3. The van der Waals surface area contributed by atoms with E-state index in [1.54, 1.807) is 7.11 Å². The normalized spacial score (nSPS) is 12.2. The van der Waals surface area contributed by atoms with Gasteiger partial charge >= 0.3 is 0 Å². The zero-order chi connectivity index (χ0) is 18.1. The van der Waals surface area contributed by atoms with Crippen LogP contribution in [0.2, 0.25) is 0 Å². The number of hydrogen-bond donors (Lipinski definition) is 0. The summed E-state index contributed by atoms with van der Waals surface area (Å²) in [6, 6.07) is 20.1. The Hall–Kier alpha value is -3.20. The summed E-state index contributed by atoms with van der Waals surface area (Å²) >= 11 is 0. The fraction of sp³-hybridized carbons (Fsp3) is 0.130. The van der Waals surface area contributed by atoms with Crippen molar-refractivity contribution < 1.29 is 14.2 Å². The lowest BCUT2D eigenvalue weighted by Gasteiger charge is -2.12. The minimum absolute atomic E-state index is 0.436. The minimum Gasteiger partial charge on any atom is -0.497 e. The molecule has 4 rings (SSSR count). The van der Waals surface area contributed by atoms with E-state index in [0.29, 0.717) is 5.95 Å². The van der Waals surface area contributed by atoms with Crippen LogP contribution in [0.1, 0.15) is 16.7 Å². The van der Waals surface area contributed by atoms with Gasteiger partial charge < -0.3 is 14.2 Å². The first-order valence-corrected chi connectivity index (χ1v) is 8.55. The van der Waals surface area contributed by atoms with E-state index >= 15 is 0 Å². The van der Waals surface area contributed by atoms with Crippen molar-refractivity contribution in [1.29, 1.82) is 0 Å². The van der Waals surface area contributed by atoms with Crippen LogP contribution in [-0.4, -0.2) is 7.11 Å². The minimum atomic E-state index is 0.436. The summed E-state index contributed by atoms with van der Waals surface area (Å²) in [5.74, 6) is 2.75. The SMILES string of the molecule is COc1ccc2c(c1)C=C(Oc1ccc(C)cc1)Oc1ccc(C)cc1-2. The molecule has 3 aromatic carbocycles. The Bertz CT molecular complexity index is 985. The maximum Gasteiger partial charge on any atom is 0.290 e. The van der Waals surface area contributed by atoms with E-state index in [1.165, 1.54) is 11.1 Å². The lowest BCUT2D eigenvalue weighted by Crippen LogP contribution is -2.03. The number of aryl methyl sites for hydroxylation is 2. The molecule has 0 bridgehead atoms. The van der Waals surface area contributed by atoms with E-state index in [2.05, 4.69) is 19.1 Å². The summed E-state index contributed by atoms with van der Waals surface area (Å²) in [4.78, 5) is 0. The summed E-state index contributed by atoms with van der Waals surface area (Å²) in [7, 11) is 1.67. The quantitative estimate of drug-likeness (QED) is 0.605. The molecule has 3 nitrogen and oxygen atoms in total. The summed E-state index contributed by atoms with van der Waals surface area (Å²) in [5.41, 5.74) is 5.49. The van der Waals surface area contributed by atoms with Crippen molar-refractivity contribution in [1.82, 2.24) is 0 Å². The van der Waals surface area contributed by atoms with E-state index in [4.69, 9.17) is 14.2 Å². The number of ether oxygens (including phenoxy) is 3. The van der Waals surface area contributed by atoms with Crippen molar-refractivity contribution in [2.75, 3.05) is 7.11 Å². The molecule has 3 aromatic rings. The highest BCUT2D eigenvalue weighted by atomic mass is 16.7. The predicted molar refractivity (Wildman–Crippen MR) is 104 cm³/mol. The summed E-state index contributed by atoms with van der Waals surface area (Å²) in [6.45, 7) is 4.12. The van der Waals surface area contributed by atoms with Crippen LogP contribution < -0.4 is 14.2 Å². The second kappa shape index (κ2) is 6.60. The molecular weight excluding hydrogens is 324 g/mol. The fourth-order valence-electron chi connectivity index (χ4n) is 3.01. The maximum absolute atomic E-state index is 6.10. The van der Waals surface area contributed by atoms with E-state index < -0.39 is 0 Å². The molecule has 130 valence electrons. The van der Waals surface area contributed by atoms with Crippen molar-refractivity contribution in [2.45, 2.75) is 13.8 Å². The van der Waals surface area contributed by atoms with Gasteiger partial charge in [0.15, 0.2) is 0 Å². The third-order valence-corrected chi connectivity index (χ3v) is 4.41. The third-order valence-electron chi connectivity index (χ3n) is 4.41. The van der Waals surface area contributed by atoms with Gasteiger partial charge in [-0.3, -0.25) is 0 Å². The molecule has 0 saturated carbocycles. The van der Waals surface area contributed by atoms with Crippen LogP contribution in [0.4, 0.5) is 0 Å². The van der Waals surface area contributed by atoms with Crippen molar-refractivity contribution >= 4 is 6.08 Å². The lowest BCUT2D eigenvalue weighted by molar-refractivity contribution is 0.232. The first-order chi connectivity index (χ1) is 12.6. The van der Waals surface area contributed by atoms with Crippen molar-refractivity contribution in [2.24, 2.45) is 0 Å². The van der Waals surface area contributed by atoms with E-state index in [1.807, 2.05) is 61.5 Å². The first kappa shape index (κ1) is 16.3. The highest BCUT2D eigenvalue weighted by molar-refractivity contribution is 5.82. The highest BCUT2D eigenvalue weighted by Gasteiger charge is 2.18. The Labute approximate surface area is 153 Å². The van der Waals surface area contributed by atoms with Crippen LogP contribution in [0.25, 0.3) is 17.2 Å². The molecular formula is C23H20O3. The Balaban J connectivity index is 1.82. The Morgan fingerprint density at radius 2 is 1.46 bits per heavy atom. The van der Waals surface area contributed by atoms with E-state index in [0.717, 1.165) is 33.9 Å². The van der Waals surface area contributed by atoms with Gasteiger partial charge in [0.25, 0.3) is 5.95 Å². The van der Waals surface area contributed by atoms with Crippen molar-refractivity contribution in [3.8, 4) is 28.4 Å². The molecule has 0 radical (unpaired) electrons. The zero-order valence-electron chi connectivity index (χ0n) is 15.1. The predicted octanol–water partition coefficient (Wildman–Crippen LogP) is 5.75. The Morgan fingerprint density at radius 3 is 2.23 bits per heavy atom. The van der Waals surface area contributed by atoms with Crippen LogP contribution in [0.3, 0.4) is 0 Å². The fourth-order valence-corrected chi connectivity index (χ4v) is 3.01. The van der Waals surface area contributed by atoms with E-state index in [-0.39, 0.29) is 0 Å². The molecule has 0 saturated heterocycles. The van der Waals surface area contributed by atoms with Gasteiger partial charge in [-0.1, -0.05) is 29.3 Å². The van der Waals surface area contributed by atoms with Crippen LogP contribution in [0.15, 0.2) is 66.6 Å². The number of methoxy groups -OCH3 is 1. The van der Waals surface area contributed by atoms with Gasteiger partial charge in [-0.25, -0.2) is 0 Å². The first-order valence-electron chi connectivity index (χ1n) is 8.55. The molecule has 3 heteroatoms. The molecule has 0 N–H and O–H groups in total. The lowest BCUT2D eigenvalue weighted by atomic mass is 9.97. The van der Waals surface area contributed by atoms with Gasteiger partial charge in [0.05, 0.1) is 7.11 Å². The summed E-state index contributed by atoms with van der Waals surface area (Å²) < 4.78 is 17.5. The second-order valence-corrected chi connectivity index (χ2v) is 6.43. The van der Waals surface area contributed by atoms with Gasteiger partial charge in [0, 0.05) is 11.6 Å². The molecule has 1 aliphatic heterocycles. The molecule has 0 aliphatic carbocycles. The smallest absolute Gasteiger partial charge is 0.290 e. The average molecular weight is 344 g/mol. The number of benzene rings is 3. The van der Waals surface area contributed by atoms with Crippen LogP contribution in [0.5, 0.6) is 17.2 Å². The van der Waals surface area contributed by atoms with Crippen molar-refractivity contribution in [3.05, 3.63) is 83.3 Å². The van der Waals surface area contributed by atoms with E-state index in [9.17, 15) is 0 Å². The van der Waals surface area contributed by atoms with Gasteiger partial charge in [-0.05, 0) is 67.4 Å². The molecule has 0 amide bonds. The second-order valence-electron chi connectivity index (χ2n) is 6.43. The zero-order valence-corrected chi connectivity index (χ0v) is 15.1. The Morgan fingerprint density at radius 1 is 0.731 bits per heavy atom. The summed E-state index contributed by atoms with van der Waals surface area (Å²) in [6.07, 6.45) is 1.91. The largest absolute Gasteiger partial charge is 0.497 e. The maximum atomic E-state index is 6.10. The van der Waals surface area contributed by atoms with Crippen LogP contribution in [-0.2, 0) is 0 Å². The third kappa shape index (κ3) is 3.16. The van der Waals surface area contributed by atoms with Crippen LogP contribution >= 0.6 is 0 Å². The topological polar surface area (TPSA) is 27.7 Å². The Kier molecular flexibility index (Phi) is 4.13. The molecule has 1 heterocycles. The molecule has 26 heavy (non-hydrogen) atoms. The van der Waals surface area contributed by atoms with Gasteiger partial charge in [0.1, 0.15) is 17.2 Å². The van der Waals surface area contributed by atoms with Gasteiger partial charge in [0.2, 0.25) is 0 Å². The van der Waals surface area contributed by atoms with Gasteiger partial charge in [-0.2, -0.15) is 0 Å². The summed E-state index contributed by atoms with van der Waals surface area (Å²) in [5, 5.41) is 0. The number of fused-ring (bicyclic) bond motifs is 3. The van der Waals surface area contributed by atoms with Crippen molar-refractivity contribution in [3.63, 3.8) is 0 Å². The molecule has 0 spiro atoms. The monoisotopic (exact) mass is 344 g/mol. The number of rotatable bonds is 3. The molecule has 0 fully saturated rings. The molecule has 0 atom stereocenters. The molecule has 0 aromatic heterocycles. The van der Waals surface area contributed by atoms with Gasteiger partial charge in [-0.15, -0.1) is 0 Å². The standard InChI is InChI=1S/C23H20O3/c1-15-4-7-18(8-5-15)25-23-14-17-13-19(24-3)9-10-20(17)21-12-16(2)6-11-22(21)26-23/h4-14H,1-3H3.